The first-order chi connectivity index (χ1) is 11.0. The minimum absolute atomic E-state index is 0.104. The normalized spacial score (nSPS) is 13.8. The summed E-state index contributed by atoms with van der Waals surface area (Å²) < 4.78 is 13.3. The van der Waals surface area contributed by atoms with Crippen LogP contribution in [0.5, 0.6) is 0 Å². The van der Waals surface area contributed by atoms with Gasteiger partial charge in [-0.25, -0.2) is 4.39 Å². The molecule has 0 radical (unpaired) electrons. The molecule has 23 heavy (non-hydrogen) atoms. The Morgan fingerprint density at radius 2 is 2.13 bits per heavy atom. The molecule has 5 heteroatoms. The zero-order valence-corrected chi connectivity index (χ0v) is 13.3. The van der Waals surface area contributed by atoms with Crippen LogP contribution in [0.4, 0.5) is 4.39 Å². The van der Waals surface area contributed by atoms with E-state index >= 15 is 0 Å². The molecule has 1 aliphatic carbocycles. The second-order valence-electron chi connectivity index (χ2n) is 6.05. The van der Waals surface area contributed by atoms with Crippen molar-refractivity contribution in [3.63, 3.8) is 0 Å². The molecule has 0 fully saturated rings. The summed E-state index contributed by atoms with van der Waals surface area (Å²) in [5.41, 5.74) is 3.45. The first kappa shape index (κ1) is 15.5. The minimum Gasteiger partial charge on any atom is -0.354 e. The molecule has 2 aromatic rings. The Kier molecular flexibility index (Phi) is 4.03. The SMILES string of the molecule is Cc1c(C(=O)N(C)Cc2cccc(F)c2)[nH]c2c1C(=O)CCC2. The molecule has 120 valence electrons. The van der Waals surface area contributed by atoms with Crippen molar-refractivity contribution in [2.24, 2.45) is 0 Å². The summed E-state index contributed by atoms with van der Waals surface area (Å²) in [6.07, 6.45) is 2.15. The lowest BCUT2D eigenvalue weighted by Crippen LogP contribution is -2.27. The molecular formula is C18H19FN2O2. The Labute approximate surface area is 134 Å². The van der Waals surface area contributed by atoms with Crippen LogP contribution in [0.1, 0.15) is 50.5 Å². The molecule has 0 aliphatic heterocycles. The van der Waals surface area contributed by atoms with Gasteiger partial charge in [-0.3, -0.25) is 9.59 Å². The fourth-order valence-electron chi connectivity index (χ4n) is 3.16. The van der Waals surface area contributed by atoms with E-state index in [-0.39, 0.29) is 17.5 Å². The number of fused-ring (bicyclic) bond motifs is 1. The Bertz CT molecular complexity index is 779. The summed E-state index contributed by atoms with van der Waals surface area (Å²) >= 11 is 0. The van der Waals surface area contributed by atoms with Crippen LogP contribution in [0, 0.1) is 12.7 Å². The van der Waals surface area contributed by atoms with Crippen LogP contribution in [0.25, 0.3) is 0 Å². The third-order valence-corrected chi connectivity index (χ3v) is 4.31. The lowest BCUT2D eigenvalue weighted by Gasteiger charge is -2.17. The Balaban J connectivity index is 1.84. The number of carbonyl (C=O) groups is 2. The minimum atomic E-state index is -0.319. The van der Waals surface area contributed by atoms with Gasteiger partial charge in [0.05, 0.1) is 0 Å². The molecule has 1 amide bonds. The average Bonchev–Trinajstić information content (AvgIpc) is 2.85. The lowest BCUT2D eigenvalue weighted by molar-refractivity contribution is 0.0779. The van der Waals surface area contributed by atoms with Crippen LogP contribution >= 0.6 is 0 Å². The first-order valence-electron chi connectivity index (χ1n) is 7.72. The largest absolute Gasteiger partial charge is 0.354 e. The molecule has 1 aliphatic rings. The molecule has 0 bridgehead atoms. The highest BCUT2D eigenvalue weighted by Gasteiger charge is 2.27. The molecule has 1 aromatic heterocycles. The predicted octanol–water partition coefficient (Wildman–Crippen LogP) is 3.25. The zero-order chi connectivity index (χ0) is 16.6. The van der Waals surface area contributed by atoms with E-state index in [0.717, 1.165) is 29.7 Å². The molecule has 0 saturated carbocycles. The summed E-state index contributed by atoms with van der Waals surface area (Å²) in [5.74, 6) is -0.402. The van der Waals surface area contributed by atoms with E-state index in [2.05, 4.69) is 4.98 Å². The molecule has 0 unspecified atom stereocenters. The topological polar surface area (TPSA) is 53.2 Å². The molecule has 3 rings (SSSR count). The van der Waals surface area contributed by atoms with Crippen LogP contribution in [0.2, 0.25) is 0 Å². The second kappa shape index (κ2) is 5.99. The van der Waals surface area contributed by atoms with E-state index in [1.807, 2.05) is 6.92 Å². The second-order valence-corrected chi connectivity index (χ2v) is 6.05. The number of hydrogen-bond donors (Lipinski definition) is 1. The summed E-state index contributed by atoms with van der Waals surface area (Å²) in [7, 11) is 1.67. The molecule has 0 atom stereocenters. The Morgan fingerprint density at radius 1 is 1.35 bits per heavy atom. The third-order valence-electron chi connectivity index (χ3n) is 4.31. The molecule has 0 saturated heterocycles. The number of aryl methyl sites for hydroxylation is 1. The molecule has 1 aromatic carbocycles. The van der Waals surface area contributed by atoms with E-state index in [1.165, 1.54) is 17.0 Å². The number of Topliss-reactive ketones (excluding diaryl/α,β-unsaturated/α-hetero) is 1. The number of aromatic nitrogens is 1. The van der Waals surface area contributed by atoms with E-state index in [4.69, 9.17) is 0 Å². The smallest absolute Gasteiger partial charge is 0.270 e. The van der Waals surface area contributed by atoms with Gasteiger partial charge in [0.25, 0.3) is 5.91 Å². The Morgan fingerprint density at radius 3 is 2.83 bits per heavy atom. The van der Waals surface area contributed by atoms with Crippen molar-refractivity contribution in [2.75, 3.05) is 7.05 Å². The Hall–Kier alpha value is -2.43. The lowest BCUT2D eigenvalue weighted by atomic mass is 9.94. The van der Waals surface area contributed by atoms with Crippen molar-refractivity contribution in [3.8, 4) is 0 Å². The quantitative estimate of drug-likeness (QED) is 0.945. The van der Waals surface area contributed by atoms with Crippen LogP contribution in [0.3, 0.4) is 0 Å². The standard InChI is InChI=1S/C18H19FN2O2/c1-11-16-14(7-4-8-15(16)22)20-17(11)18(23)21(2)10-12-5-3-6-13(19)9-12/h3,5-6,9,20H,4,7-8,10H2,1-2H3. The number of carbonyl (C=O) groups excluding carboxylic acids is 2. The highest BCUT2D eigenvalue weighted by molar-refractivity contribution is 6.04. The van der Waals surface area contributed by atoms with Crippen LogP contribution in [0.15, 0.2) is 24.3 Å². The number of rotatable bonds is 3. The van der Waals surface area contributed by atoms with Gasteiger partial charge in [-0.05, 0) is 43.0 Å². The van der Waals surface area contributed by atoms with Gasteiger partial charge in [0.15, 0.2) is 5.78 Å². The van der Waals surface area contributed by atoms with Crippen LogP contribution in [-0.4, -0.2) is 28.6 Å². The molecule has 1 N–H and O–H groups in total. The number of ketones is 1. The number of hydrogen-bond acceptors (Lipinski definition) is 2. The number of amides is 1. The molecular weight excluding hydrogens is 295 g/mol. The summed E-state index contributed by atoms with van der Waals surface area (Å²) in [6.45, 7) is 2.12. The van der Waals surface area contributed by atoms with Crippen molar-refractivity contribution >= 4 is 11.7 Å². The van der Waals surface area contributed by atoms with E-state index in [1.54, 1.807) is 19.2 Å². The number of benzene rings is 1. The number of H-pyrrole nitrogens is 1. The maximum atomic E-state index is 13.3. The molecule has 1 heterocycles. The van der Waals surface area contributed by atoms with Crippen molar-refractivity contribution in [1.29, 1.82) is 0 Å². The average molecular weight is 314 g/mol. The van der Waals surface area contributed by atoms with Gasteiger partial charge in [-0.2, -0.15) is 0 Å². The maximum absolute atomic E-state index is 13.3. The van der Waals surface area contributed by atoms with Crippen molar-refractivity contribution in [2.45, 2.75) is 32.7 Å². The van der Waals surface area contributed by atoms with Crippen LogP contribution < -0.4 is 0 Å². The van der Waals surface area contributed by atoms with Gasteiger partial charge in [0.1, 0.15) is 11.5 Å². The van der Waals surface area contributed by atoms with E-state index < -0.39 is 0 Å². The monoisotopic (exact) mass is 314 g/mol. The van der Waals surface area contributed by atoms with Crippen molar-refractivity contribution in [3.05, 3.63) is 58.2 Å². The third kappa shape index (κ3) is 2.91. The van der Waals surface area contributed by atoms with Gasteiger partial charge in [-0.1, -0.05) is 12.1 Å². The van der Waals surface area contributed by atoms with Crippen molar-refractivity contribution < 1.29 is 14.0 Å². The van der Waals surface area contributed by atoms with Gasteiger partial charge < -0.3 is 9.88 Å². The maximum Gasteiger partial charge on any atom is 0.270 e. The van der Waals surface area contributed by atoms with Gasteiger partial charge >= 0.3 is 0 Å². The van der Waals surface area contributed by atoms with Gasteiger partial charge in [0.2, 0.25) is 0 Å². The number of nitrogens with one attached hydrogen (secondary N) is 1. The fraction of sp³-hybridized carbons (Fsp3) is 0.333. The van der Waals surface area contributed by atoms with Crippen LogP contribution in [-0.2, 0) is 13.0 Å². The number of halogens is 1. The zero-order valence-electron chi connectivity index (χ0n) is 13.3. The summed E-state index contributed by atoms with van der Waals surface area (Å²) in [6, 6.07) is 6.20. The highest BCUT2D eigenvalue weighted by atomic mass is 19.1. The molecule has 0 spiro atoms. The van der Waals surface area contributed by atoms with Gasteiger partial charge in [0, 0.05) is 31.3 Å². The number of aromatic amines is 1. The van der Waals surface area contributed by atoms with Gasteiger partial charge in [-0.15, -0.1) is 0 Å². The highest BCUT2D eigenvalue weighted by Crippen LogP contribution is 2.27. The fourth-order valence-corrected chi connectivity index (χ4v) is 3.16. The predicted molar refractivity (Wildman–Crippen MR) is 85.0 cm³/mol. The summed E-state index contributed by atoms with van der Waals surface area (Å²) in [4.78, 5) is 29.4. The van der Waals surface area contributed by atoms with E-state index in [0.29, 0.717) is 24.2 Å². The van der Waals surface area contributed by atoms with Crippen molar-refractivity contribution in [1.82, 2.24) is 9.88 Å². The van der Waals surface area contributed by atoms with E-state index in [9.17, 15) is 14.0 Å². The summed E-state index contributed by atoms with van der Waals surface area (Å²) in [5, 5.41) is 0. The first-order valence-corrected chi connectivity index (χ1v) is 7.72. The molecule has 4 nitrogen and oxygen atoms in total. The number of nitrogens with zero attached hydrogens (tertiary/aromatic N) is 1.